The van der Waals surface area contributed by atoms with Gasteiger partial charge in [0.15, 0.2) is 6.10 Å². The van der Waals surface area contributed by atoms with E-state index >= 15 is 0 Å². The number of benzene rings is 1. The summed E-state index contributed by atoms with van der Waals surface area (Å²) in [4.78, 5) is 23.7. The molecule has 25 heavy (non-hydrogen) atoms. The molecule has 0 bridgehead atoms. The molecule has 0 aromatic heterocycles. The molecule has 0 saturated carbocycles. The maximum absolute atomic E-state index is 12.5. The lowest BCUT2D eigenvalue weighted by molar-refractivity contribution is -0.146. The van der Waals surface area contributed by atoms with Crippen LogP contribution in [-0.2, 0) is 20.5 Å². The van der Waals surface area contributed by atoms with Crippen LogP contribution in [0, 0.1) is 17.2 Å². The van der Waals surface area contributed by atoms with Gasteiger partial charge in [0, 0.05) is 5.92 Å². The Morgan fingerprint density at radius 3 is 2.32 bits per heavy atom. The molecule has 0 radical (unpaired) electrons. The third-order valence-corrected chi connectivity index (χ3v) is 3.41. The van der Waals surface area contributed by atoms with Crippen molar-refractivity contribution in [1.29, 1.82) is 5.26 Å². The fraction of sp³-hybridized carbons (Fsp3) is 0.438. The molecule has 1 aromatic rings. The number of hydrogen-bond acceptors (Lipinski definition) is 5. The van der Waals surface area contributed by atoms with Gasteiger partial charge in [0.25, 0.3) is 5.91 Å². The average Bonchev–Trinajstić information content (AvgIpc) is 2.58. The number of hydrogen-bond donors (Lipinski definition) is 2. The van der Waals surface area contributed by atoms with Crippen molar-refractivity contribution in [3.05, 3.63) is 35.4 Å². The number of ether oxygens (including phenoxy) is 1. The molecule has 0 heterocycles. The first-order valence-corrected chi connectivity index (χ1v) is 7.23. The average molecular weight is 358 g/mol. The SMILES string of the molecule is COC(=O)[C@H](C[C@H](C)C#N)NC(=O)[C@H](O)c1ccc(C(F)(F)F)cc1. The summed E-state index contributed by atoms with van der Waals surface area (Å²) in [6.45, 7) is 1.54. The lowest BCUT2D eigenvalue weighted by atomic mass is 10.0. The van der Waals surface area contributed by atoms with Crippen LogP contribution in [0.15, 0.2) is 24.3 Å². The first-order valence-electron chi connectivity index (χ1n) is 7.23. The van der Waals surface area contributed by atoms with E-state index in [1.54, 1.807) is 0 Å². The number of halogens is 3. The molecule has 0 fully saturated rings. The van der Waals surface area contributed by atoms with E-state index < -0.39 is 41.7 Å². The molecule has 0 aliphatic heterocycles. The van der Waals surface area contributed by atoms with E-state index in [0.717, 1.165) is 31.4 Å². The fourth-order valence-corrected chi connectivity index (χ4v) is 2.02. The lowest BCUT2D eigenvalue weighted by Gasteiger charge is -2.20. The van der Waals surface area contributed by atoms with Gasteiger partial charge in [-0.25, -0.2) is 4.79 Å². The minimum Gasteiger partial charge on any atom is -0.467 e. The topological polar surface area (TPSA) is 99.4 Å². The van der Waals surface area contributed by atoms with Crippen LogP contribution in [0.5, 0.6) is 0 Å². The van der Waals surface area contributed by atoms with E-state index in [4.69, 9.17) is 5.26 Å². The molecule has 0 aliphatic rings. The van der Waals surface area contributed by atoms with Crippen LogP contribution in [0.1, 0.15) is 30.6 Å². The van der Waals surface area contributed by atoms with Crippen molar-refractivity contribution < 1.29 is 32.6 Å². The van der Waals surface area contributed by atoms with E-state index in [1.807, 2.05) is 6.07 Å². The van der Waals surface area contributed by atoms with Crippen molar-refractivity contribution in [3.8, 4) is 6.07 Å². The van der Waals surface area contributed by atoms with E-state index in [9.17, 15) is 27.9 Å². The summed E-state index contributed by atoms with van der Waals surface area (Å²) in [5.41, 5.74) is -0.985. The maximum Gasteiger partial charge on any atom is 0.416 e. The maximum atomic E-state index is 12.5. The van der Waals surface area contributed by atoms with Crippen LogP contribution in [0.4, 0.5) is 13.2 Å². The second kappa shape index (κ2) is 8.48. The number of nitrogens with one attached hydrogen (secondary N) is 1. The highest BCUT2D eigenvalue weighted by molar-refractivity contribution is 5.87. The van der Waals surface area contributed by atoms with Crippen molar-refractivity contribution in [2.45, 2.75) is 31.7 Å². The number of amides is 1. The Bertz CT molecular complexity index is 653. The van der Waals surface area contributed by atoms with Crippen molar-refractivity contribution in [1.82, 2.24) is 5.32 Å². The monoisotopic (exact) mass is 358 g/mol. The molecular formula is C16H17F3N2O4. The standard InChI is InChI=1S/C16H17F3N2O4/c1-9(8-20)7-12(15(24)25-2)21-14(23)13(22)10-3-5-11(6-4-10)16(17,18)19/h3-6,9,12-13,22H,7H2,1-2H3,(H,21,23)/t9-,12-,13+/m0/s1. The van der Waals surface area contributed by atoms with Gasteiger partial charge in [-0.15, -0.1) is 0 Å². The predicted molar refractivity (Wildman–Crippen MR) is 79.7 cm³/mol. The Morgan fingerprint density at radius 2 is 1.88 bits per heavy atom. The van der Waals surface area contributed by atoms with Crippen LogP contribution >= 0.6 is 0 Å². The van der Waals surface area contributed by atoms with Crippen molar-refractivity contribution in [3.63, 3.8) is 0 Å². The summed E-state index contributed by atoms with van der Waals surface area (Å²) < 4.78 is 42.1. The number of aliphatic hydroxyl groups excluding tert-OH is 1. The molecule has 1 aromatic carbocycles. The summed E-state index contributed by atoms with van der Waals surface area (Å²) in [6, 6.07) is 4.16. The number of alkyl halides is 3. The Labute approximate surface area is 142 Å². The van der Waals surface area contributed by atoms with E-state index in [0.29, 0.717) is 0 Å². The number of carbonyl (C=O) groups excluding carboxylic acids is 2. The van der Waals surface area contributed by atoms with Gasteiger partial charge in [0.1, 0.15) is 6.04 Å². The van der Waals surface area contributed by atoms with E-state index in [2.05, 4.69) is 10.1 Å². The normalized spacial score (nSPS) is 14.8. The molecule has 3 atom stereocenters. The molecule has 0 aliphatic carbocycles. The third kappa shape index (κ3) is 5.76. The molecule has 0 spiro atoms. The minimum atomic E-state index is -4.53. The largest absolute Gasteiger partial charge is 0.467 e. The van der Waals surface area contributed by atoms with E-state index in [1.165, 1.54) is 6.92 Å². The van der Waals surface area contributed by atoms with Gasteiger partial charge in [0.05, 0.1) is 18.7 Å². The number of carbonyl (C=O) groups is 2. The predicted octanol–water partition coefficient (Wildman–Crippen LogP) is 1.95. The smallest absolute Gasteiger partial charge is 0.416 e. The lowest BCUT2D eigenvalue weighted by Crippen LogP contribution is -2.44. The van der Waals surface area contributed by atoms with Crippen LogP contribution < -0.4 is 5.32 Å². The Morgan fingerprint density at radius 1 is 1.32 bits per heavy atom. The second-order valence-corrected chi connectivity index (χ2v) is 5.37. The van der Waals surface area contributed by atoms with Gasteiger partial charge in [0.2, 0.25) is 0 Å². The number of aliphatic hydroxyl groups is 1. The molecule has 136 valence electrons. The first kappa shape index (κ1) is 20.4. The highest BCUT2D eigenvalue weighted by Gasteiger charge is 2.31. The van der Waals surface area contributed by atoms with Crippen molar-refractivity contribution >= 4 is 11.9 Å². The van der Waals surface area contributed by atoms with Gasteiger partial charge in [-0.05, 0) is 31.0 Å². The Balaban J connectivity index is 2.86. The molecule has 0 unspecified atom stereocenters. The van der Waals surface area contributed by atoms with Crippen LogP contribution in [0.2, 0.25) is 0 Å². The molecule has 1 amide bonds. The van der Waals surface area contributed by atoms with Gasteiger partial charge < -0.3 is 15.2 Å². The zero-order chi connectivity index (χ0) is 19.2. The summed E-state index contributed by atoms with van der Waals surface area (Å²) in [5.74, 6) is -2.34. The van der Waals surface area contributed by atoms with Gasteiger partial charge in [-0.3, -0.25) is 4.79 Å². The van der Waals surface area contributed by atoms with Crippen LogP contribution in [-0.4, -0.2) is 30.1 Å². The number of esters is 1. The summed E-state index contributed by atoms with van der Waals surface area (Å²) >= 11 is 0. The summed E-state index contributed by atoms with van der Waals surface area (Å²) in [6.07, 6.45) is -6.34. The Kier molecular flexibility index (Phi) is 6.94. The number of nitrogens with zero attached hydrogens (tertiary/aromatic N) is 1. The quantitative estimate of drug-likeness (QED) is 0.757. The molecular weight excluding hydrogens is 341 g/mol. The molecule has 6 nitrogen and oxygen atoms in total. The van der Waals surface area contributed by atoms with Crippen molar-refractivity contribution in [2.75, 3.05) is 7.11 Å². The van der Waals surface area contributed by atoms with Gasteiger partial charge >= 0.3 is 12.1 Å². The molecule has 0 saturated heterocycles. The van der Waals surface area contributed by atoms with E-state index in [-0.39, 0.29) is 12.0 Å². The van der Waals surface area contributed by atoms with Gasteiger partial charge in [-0.2, -0.15) is 18.4 Å². The van der Waals surface area contributed by atoms with Gasteiger partial charge in [-0.1, -0.05) is 12.1 Å². The molecule has 1 rings (SSSR count). The van der Waals surface area contributed by atoms with Crippen molar-refractivity contribution in [2.24, 2.45) is 5.92 Å². The number of methoxy groups -OCH3 is 1. The zero-order valence-corrected chi connectivity index (χ0v) is 13.5. The Hall–Kier alpha value is -2.60. The number of rotatable bonds is 6. The highest BCUT2D eigenvalue weighted by atomic mass is 19.4. The highest BCUT2D eigenvalue weighted by Crippen LogP contribution is 2.30. The first-order chi connectivity index (χ1) is 11.6. The molecule has 9 heteroatoms. The van der Waals surface area contributed by atoms with Crippen LogP contribution in [0.3, 0.4) is 0 Å². The zero-order valence-electron chi connectivity index (χ0n) is 13.5. The minimum absolute atomic E-state index is 0.0331. The van der Waals surface area contributed by atoms with Crippen LogP contribution in [0.25, 0.3) is 0 Å². The summed E-state index contributed by atoms with van der Waals surface area (Å²) in [5, 5.41) is 21.0. The third-order valence-electron chi connectivity index (χ3n) is 3.41. The number of nitriles is 1. The fourth-order valence-electron chi connectivity index (χ4n) is 2.02. The molecule has 2 N–H and O–H groups in total. The second-order valence-electron chi connectivity index (χ2n) is 5.37. The summed E-state index contributed by atoms with van der Waals surface area (Å²) in [7, 11) is 1.10.